The molecule has 0 radical (unpaired) electrons. The van der Waals surface area contributed by atoms with Gasteiger partial charge >= 0.3 is 0 Å². The first kappa shape index (κ1) is 5.71. The van der Waals surface area contributed by atoms with E-state index in [-0.39, 0.29) is 0 Å². The summed E-state index contributed by atoms with van der Waals surface area (Å²) in [7, 11) is 0. The Labute approximate surface area is 49.5 Å². The van der Waals surface area contributed by atoms with E-state index < -0.39 is 3.92 Å². The Kier molecular flexibility index (Phi) is 2.78. The van der Waals surface area contributed by atoms with Gasteiger partial charge in [-0.25, -0.2) is 0 Å². The van der Waals surface area contributed by atoms with Gasteiger partial charge in [-0.2, -0.15) is 10.5 Å². The van der Waals surface area contributed by atoms with Gasteiger partial charge in [-0.15, -0.1) is 0 Å². The van der Waals surface area contributed by atoms with E-state index in [1.54, 1.807) is 34.7 Å². The third-order valence-electron chi connectivity index (χ3n) is 0.227. The van der Waals surface area contributed by atoms with Crippen molar-refractivity contribution in [2.24, 2.45) is 0 Å². The maximum Gasteiger partial charge on any atom is 0.183 e. The SMILES string of the molecule is N#CC(I)C#N. The Balaban J connectivity index is 3.40. The lowest BCUT2D eigenvalue weighted by molar-refractivity contribution is 1.37. The van der Waals surface area contributed by atoms with Crippen molar-refractivity contribution in [1.29, 1.82) is 10.5 Å². The molecule has 3 heteroatoms. The van der Waals surface area contributed by atoms with Gasteiger partial charge in [0.15, 0.2) is 3.92 Å². The van der Waals surface area contributed by atoms with E-state index in [0.717, 1.165) is 0 Å². The van der Waals surface area contributed by atoms with Crippen molar-refractivity contribution in [2.45, 2.75) is 3.92 Å². The summed E-state index contributed by atoms with van der Waals surface area (Å²) in [5, 5.41) is 15.7. The Morgan fingerprint density at radius 3 is 1.67 bits per heavy atom. The zero-order valence-electron chi connectivity index (χ0n) is 2.85. The maximum atomic E-state index is 7.85. The van der Waals surface area contributed by atoms with Crippen LogP contribution < -0.4 is 0 Å². The molecule has 0 aromatic rings. The van der Waals surface area contributed by atoms with Gasteiger partial charge < -0.3 is 0 Å². The van der Waals surface area contributed by atoms with E-state index in [1.807, 2.05) is 0 Å². The zero-order valence-corrected chi connectivity index (χ0v) is 5.01. The fraction of sp³-hybridized carbons (Fsp3) is 0.333. The number of hydrogen-bond donors (Lipinski definition) is 0. The third-order valence-corrected chi connectivity index (χ3v) is 0.784. The highest BCUT2D eigenvalue weighted by molar-refractivity contribution is 14.1. The summed E-state index contributed by atoms with van der Waals surface area (Å²) in [4.78, 5) is 0. The predicted molar refractivity (Wildman–Crippen MR) is 29.0 cm³/mol. The average molecular weight is 192 g/mol. The molecule has 0 N–H and O–H groups in total. The summed E-state index contributed by atoms with van der Waals surface area (Å²) in [6, 6.07) is 3.48. The average Bonchev–Trinajstić information content (AvgIpc) is 1.65. The van der Waals surface area contributed by atoms with Crippen molar-refractivity contribution in [3.05, 3.63) is 0 Å². The van der Waals surface area contributed by atoms with E-state index in [2.05, 4.69) is 0 Å². The van der Waals surface area contributed by atoms with E-state index in [9.17, 15) is 0 Å². The molecule has 0 aliphatic rings. The fourth-order valence-electron chi connectivity index (χ4n) is 0.0289. The number of alkyl halides is 1. The number of halogens is 1. The molecule has 30 valence electrons. The van der Waals surface area contributed by atoms with Crippen molar-refractivity contribution in [3.8, 4) is 12.1 Å². The van der Waals surface area contributed by atoms with Crippen LogP contribution in [0.5, 0.6) is 0 Å². The highest BCUT2D eigenvalue weighted by Crippen LogP contribution is 1.92. The van der Waals surface area contributed by atoms with Gasteiger partial charge in [0.2, 0.25) is 0 Å². The minimum absolute atomic E-state index is 0.484. The van der Waals surface area contributed by atoms with Crippen LogP contribution in [0.1, 0.15) is 0 Å². The van der Waals surface area contributed by atoms with Gasteiger partial charge in [-0.1, -0.05) is 0 Å². The molecule has 0 saturated carbocycles. The summed E-state index contributed by atoms with van der Waals surface area (Å²) in [5.41, 5.74) is 0. The molecule has 0 aliphatic carbocycles. The molecule has 0 amide bonds. The Hall–Kier alpha value is -0.290. The van der Waals surface area contributed by atoms with Crippen LogP contribution in [-0.4, -0.2) is 3.92 Å². The van der Waals surface area contributed by atoms with Crippen molar-refractivity contribution in [3.63, 3.8) is 0 Å². The Morgan fingerprint density at radius 1 is 1.33 bits per heavy atom. The summed E-state index contributed by atoms with van der Waals surface area (Å²) in [5.74, 6) is 0. The second-order valence-electron chi connectivity index (χ2n) is 0.621. The van der Waals surface area contributed by atoms with Crippen LogP contribution in [0.25, 0.3) is 0 Å². The first-order valence-corrected chi connectivity index (χ1v) is 2.49. The summed E-state index contributed by atoms with van der Waals surface area (Å²) < 4.78 is -0.484. The van der Waals surface area contributed by atoms with Gasteiger partial charge in [0.1, 0.15) is 0 Å². The normalized spacial score (nSPS) is 6.67. The van der Waals surface area contributed by atoms with Crippen molar-refractivity contribution < 1.29 is 0 Å². The van der Waals surface area contributed by atoms with Gasteiger partial charge in [0.05, 0.1) is 12.1 Å². The monoisotopic (exact) mass is 192 g/mol. The molecule has 0 aromatic heterocycles. The van der Waals surface area contributed by atoms with Crippen LogP contribution in [0.15, 0.2) is 0 Å². The lowest BCUT2D eigenvalue weighted by atomic mass is 10.5. The molecule has 0 unspecified atom stereocenters. The first-order valence-electron chi connectivity index (χ1n) is 1.24. The fourth-order valence-corrected chi connectivity index (χ4v) is 0.0289. The Morgan fingerprint density at radius 2 is 1.67 bits per heavy atom. The molecule has 0 saturated heterocycles. The lowest BCUT2D eigenvalue weighted by Crippen LogP contribution is -1.81. The second-order valence-corrected chi connectivity index (χ2v) is 1.87. The van der Waals surface area contributed by atoms with Gasteiger partial charge in [-0.05, 0) is 22.6 Å². The molecule has 0 bridgehead atoms. The van der Waals surface area contributed by atoms with Crippen LogP contribution >= 0.6 is 22.6 Å². The maximum absolute atomic E-state index is 7.85. The minimum Gasteiger partial charge on any atom is -0.196 e. The van der Waals surface area contributed by atoms with Crippen LogP contribution in [0.4, 0.5) is 0 Å². The number of nitrogens with zero attached hydrogens (tertiary/aromatic N) is 2. The molecule has 0 fully saturated rings. The predicted octanol–water partition coefficient (Wildman–Crippen LogP) is 0.837. The van der Waals surface area contributed by atoms with Gasteiger partial charge in [0.25, 0.3) is 0 Å². The van der Waals surface area contributed by atoms with E-state index in [0.29, 0.717) is 0 Å². The molecule has 0 rings (SSSR count). The van der Waals surface area contributed by atoms with Gasteiger partial charge in [0, 0.05) is 0 Å². The number of nitriles is 2. The first-order chi connectivity index (χ1) is 2.81. The molecule has 0 aromatic carbocycles. The number of hydrogen-bond acceptors (Lipinski definition) is 2. The molecule has 2 nitrogen and oxygen atoms in total. The largest absolute Gasteiger partial charge is 0.196 e. The summed E-state index contributed by atoms with van der Waals surface area (Å²) >= 11 is 1.75. The standard InChI is InChI=1S/C3HIN2/c4-3(1-5)2-6/h3H. The van der Waals surface area contributed by atoms with Crippen LogP contribution in [0.2, 0.25) is 0 Å². The molecular formula is C3HIN2. The Bertz CT molecular complexity index is 92.9. The molecule has 0 spiro atoms. The van der Waals surface area contributed by atoms with Crippen molar-refractivity contribution in [2.75, 3.05) is 0 Å². The van der Waals surface area contributed by atoms with Gasteiger partial charge in [-0.3, -0.25) is 0 Å². The van der Waals surface area contributed by atoms with Crippen LogP contribution in [-0.2, 0) is 0 Å². The van der Waals surface area contributed by atoms with Crippen LogP contribution in [0.3, 0.4) is 0 Å². The molecule has 0 atom stereocenters. The zero-order chi connectivity index (χ0) is 4.99. The van der Waals surface area contributed by atoms with Crippen molar-refractivity contribution >= 4 is 22.6 Å². The van der Waals surface area contributed by atoms with E-state index >= 15 is 0 Å². The lowest BCUT2D eigenvalue weighted by Gasteiger charge is -1.70. The summed E-state index contributed by atoms with van der Waals surface area (Å²) in [6.45, 7) is 0. The topological polar surface area (TPSA) is 47.6 Å². The third kappa shape index (κ3) is 1.98. The quantitative estimate of drug-likeness (QED) is 0.421. The molecule has 0 heterocycles. The van der Waals surface area contributed by atoms with E-state index in [4.69, 9.17) is 10.5 Å². The highest BCUT2D eigenvalue weighted by Gasteiger charge is 1.91. The highest BCUT2D eigenvalue weighted by atomic mass is 127. The molecule has 6 heavy (non-hydrogen) atoms. The van der Waals surface area contributed by atoms with Crippen molar-refractivity contribution in [1.82, 2.24) is 0 Å². The molecular weight excluding hydrogens is 191 g/mol. The number of rotatable bonds is 0. The molecule has 0 aliphatic heterocycles. The second kappa shape index (κ2) is 2.92. The minimum atomic E-state index is -0.484. The smallest absolute Gasteiger partial charge is 0.183 e. The summed E-state index contributed by atoms with van der Waals surface area (Å²) in [6.07, 6.45) is 0. The van der Waals surface area contributed by atoms with E-state index in [1.165, 1.54) is 0 Å². The van der Waals surface area contributed by atoms with Crippen LogP contribution in [0, 0.1) is 22.7 Å².